The van der Waals surface area contributed by atoms with E-state index in [1.807, 2.05) is 12.1 Å². The van der Waals surface area contributed by atoms with E-state index in [9.17, 15) is 5.11 Å². The van der Waals surface area contributed by atoms with Crippen molar-refractivity contribution < 1.29 is 5.11 Å². The monoisotopic (exact) mass is 257 g/mol. The molecule has 19 heavy (non-hydrogen) atoms. The van der Waals surface area contributed by atoms with Gasteiger partial charge < -0.3 is 10.4 Å². The predicted molar refractivity (Wildman–Crippen MR) is 76.3 cm³/mol. The minimum absolute atomic E-state index is 0.415. The summed E-state index contributed by atoms with van der Waals surface area (Å²) in [4.78, 5) is 0. The average molecular weight is 257 g/mol. The average Bonchev–Trinajstić information content (AvgIpc) is 3.19. The van der Waals surface area contributed by atoms with Crippen LogP contribution in [0.25, 0.3) is 0 Å². The van der Waals surface area contributed by atoms with Crippen molar-refractivity contribution in [3.8, 4) is 5.75 Å². The van der Waals surface area contributed by atoms with E-state index in [1.54, 1.807) is 0 Å². The minimum atomic E-state index is 0.415. The van der Waals surface area contributed by atoms with Gasteiger partial charge in [-0.25, -0.2) is 0 Å². The van der Waals surface area contributed by atoms with E-state index in [0.29, 0.717) is 11.8 Å². The van der Waals surface area contributed by atoms with Crippen molar-refractivity contribution in [3.63, 3.8) is 0 Å². The van der Waals surface area contributed by atoms with Crippen LogP contribution in [0.15, 0.2) is 18.2 Å². The summed E-state index contributed by atoms with van der Waals surface area (Å²) < 4.78 is 0. The van der Waals surface area contributed by atoms with Crippen LogP contribution in [0.1, 0.15) is 43.2 Å². The molecule has 3 aliphatic rings. The second-order valence-electron chi connectivity index (χ2n) is 6.76. The van der Waals surface area contributed by atoms with Gasteiger partial charge in [-0.1, -0.05) is 18.9 Å². The molecule has 1 aromatic rings. The number of aryl methyl sites for hydroxylation is 1. The molecular formula is C17H23NO. The fraction of sp³-hybridized carbons (Fsp3) is 0.647. The topological polar surface area (TPSA) is 32.3 Å². The Hall–Kier alpha value is -1.02. The molecule has 0 aromatic heterocycles. The number of hydrogen-bond donors (Lipinski definition) is 2. The fourth-order valence-electron chi connectivity index (χ4n) is 4.30. The molecule has 4 rings (SSSR count). The Labute approximate surface area is 115 Å². The van der Waals surface area contributed by atoms with E-state index in [1.165, 1.54) is 43.2 Å². The Morgan fingerprint density at radius 2 is 2.05 bits per heavy atom. The second-order valence-corrected chi connectivity index (χ2v) is 6.76. The smallest absolute Gasteiger partial charge is 0.115 e. The first kappa shape index (κ1) is 11.8. The summed E-state index contributed by atoms with van der Waals surface area (Å²) in [5.74, 6) is 2.47. The summed E-state index contributed by atoms with van der Waals surface area (Å²) in [5.41, 5.74) is 2.79. The van der Waals surface area contributed by atoms with Gasteiger partial charge in [0, 0.05) is 12.1 Å². The van der Waals surface area contributed by atoms with Crippen LogP contribution in [-0.4, -0.2) is 17.2 Å². The van der Waals surface area contributed by atoms with Crippen LogP contribution in [0.5, 0.6) is 5.75 Å². The highest BCUT2D eigenvalue weighted by atomic mass is 16.3. The van der Waals surface area contributed by atoms with E-state index < -0.39 is 0 Å². The minimum Gasteiger partial charge on any atom is -0.508 e. The molecule has 2 saturated carbocycles. The molecule has 0 spiro atoms. The van der Waals surface area contributed by atoms with Crippen LogP contribution in [-0.2, 0) is 12.8 Å². The molecule has 2 heteroatoms. The number of hydrogen-bond acceptors (Lipinski definition) is 2. The summed E-state index contributed by atoms with van der Waals surface area (Å²) in [6.45, 7) is 0. The summed E-state index contributed by atoms with van der Waals surface area (Å²) >= 11 is 0. The largest absolute Gasteiger partial charge is 0.508 e. The van der Waals surface area contributed by atoms with E-state index >= 15 is 0 Å². The lowest BCUT2D eigenvalue weighted by Crippen LogP contribution is -2.43. The molecule has 1 aromatic carbocycles. The molecule has 2 N–H and O–H groups in total. The molecule has 0 amide bonds. The van der Waals surface area contributed by atoms with E-state index in [2.05, 4.69) is 11.4 Å². The quantitative estimate of drug-likeness (QED) is 0.853. The molecule has 4 atom stereocenters. The third-order valence-electron chi connectivity index (χ3n) is 5.45. The van der Waals surface area contributed by atoms with Crippen LogP contribution < -0.4 is 5.32 Å². The first-order valence-corrected chi connectivity index (χ1v) is 7.86. The standard InChI is InChI=1S/C17H23NO/c19-15-7-5-11-8-14(6-4-12(11)9-15)18-17-3-1-2-13-10-16(13)17/h5,7,9,13-14,16-19H,1-4,6,8,10H2/t13-,14?,16+,17?/m1/s1. The van der Waals surface area contributed by atoms with Crippen molar-refractivity contribution in [2.24, 2.45) is 11.8 Å². The second kappa shape index (κ2) is 4.52. The van der Waals surface area contributed by atoms with Crippen molar-refractivity contribution in [3.05, 3.63) is 29.3 Å². The molecule has 0 aliphatic heterocycles. The number of benzene rings is 1. The summed E-state index contributed by atoms with van der Waals surface area (Å²) in [7, 11) is 0. The molecule has 3 aliphatic carbocycles. The van der Waals surface area contributed by atoms with Gasteiger partial charge in [-0.2, -0.15) is 0 Å². The summed E-state index contributed by atoms with van der Waals surface area (Å²) in [6, 6.07) is 7.34. The van der Waals surface area contributed by atoms with Crippen LogP contribution >= 0.6 is 0 Å². The Bertz CT molecular complexity index is 484. The van der Waals surface area contributed by atoms with E-state index in [0.717, 1.165) is 30.7 Å². The number of rotatable bonds is 2. The van der Waals surface area contributed by atoms with Gasteiger partial charge >= 0.3 is 0 Å². The highest BCUT2D eigenvalue weighted by molar-refractivity contribution is 5.37. The zero-order valence-electron chi connectivity index (χ0n) is 11.4. The van der Waals surface area contributed by atoms with E-state index in [4.69, 9.17) is 0 Å². The number of aromatic hydroxyl groups is 1. The third-order valence-corrected chi connectivity index (χ3v) is 5.45. The Morgan fingerprint density at radius 1 is 1.11 bits per heavy atom. The maximum atomic E-state index is 9.54. The number of phenolic OH excluding ortho intramolecular Hbond substituents is 1. The summed E-state index contributed by atoms with van der Waals surface area (Å²) in [5, 5.41) is 13.5. The van der Waals surface area contributed by atoms with Crippen molar-refractivity contribution in [2.75, 3.05) is 0 Å². The molecule has 0 bridgehead atoms. The van der Waals surface area contributed by atoms with Gasteiger partial charge in [0.25, 0.3) is 0 Å². The number of phenols is 1. The van der Waals surface area contributed by atoms with Gasteiger partial charge in [-0.15, -0.1) is 0 Å². The molecular weight excluding hydrogens is 234 g/mol. The Balaban J connectivity index is 1.42. The molecule has 0 radical (unpaired) electrons. The highest BCUT2D eigenvalue weighted by Crippen LogP contribution is 2.49. The normalized spacial score (nSPS) is 36.4. The lowest BCUT2D eigenvalue weighted by molar-refractivity contribution is 0.305. The lowest BCUT2D eigenvalue weighted by Gasteiger charge is -2.31. The highest BCUT2D eigenvalue weighted by Gasteiger charge is 2.45. The lowest BCUT2D eigenvalue weighted by atomic mass is 9.86. The maximum Gasteiger partial charge on any atom is 0.115 e. The van der Waals surface area contributed by atoms with Crippen molar-refractivity contribution in [2.45, 2.75) is 57.0 Å². The van der Waals surface area contributed by atoms with Crippen LogP contribution in [0.3, 0.4) is 0 Å². The Morgan fingerprint density at radius 3 is 3.00 bits per heavy atom. The number of fused-ring (bicyclic) bond motifs is 2. The molecule has 2 unspecified atom stereocenters. The predicted octanol–water partition coefficient (Wildman–Crippen LogP) is 3.03. The zero-order chi connectivity index (χ0) is 12.8. The summed E-state index contributed by atoms with van der Waals surface area (Å²) in [6.07, 6.45) is 9.26. The van der Waals surface area contributed by atoms with Crippen molar-refractivity contribution >= 4 is 0 Å². The number of nitrogens with one attached hydrogen (secondary N) is 1. The van der Waals surface area contributed by atoms with Crippen LogP contribution in [0.4, 0.5) is 0 Å². The van der Waals surface area contributed by atoms with Gasteiger partial charge in [0.15, 0.2) is 0 Å². The van der Waals surface area contributed by atoms with Crippen LogP contribution in [0.2, 0.25) is 0 Å². The third kappa shape index (κ3) is 2.27. The van der Waals surface area contributed by atoms with Gasteiger partial charge in [-0.05, 0) is 67.2 Å². The molecule has 0 saturated heterocycles. The SMILES string of the molecule is Oc1ccc2c(c1)CCC(NC1CCC[C@@H]3C[C@H]13)C2. The van der Waals surface area contributed by atoms with E-state index in [-0.39, 0.29) is 0 Å². The first-order chi connectivity index (χ1) is 9.29. The van der Waals surface area contributed by atoms with Gasteiger partial charge in [0.2, 0.25) is 0 Å². The van der Waals surface area contributed by atoms with Crippen LogP contribution in [0, 0.1) is 11.8 Å². The van der Waals surface area contributed by atoms with Crippen molar-refractivity contribution in [1.82, 2.24) is 5.32 Å². The zero-order valence-corrected chi connectivity index (χ0v) is 11.4. The Kier molecular flexibility index (Phi) is 2.80. The first-order valence-electron chi connectivity index (χ1n) is 7.86. The maximum absolute atomic E-state index is 9.54. The molecule has 2 nitrogen and oxygen atoms in total. The van der Waals surface area contributed by atoms with Crippen molar-refractivity contribution in [1.29, 1.82) is 0 Å². The molecule has 0 heterocycles. The fourth-order valence-corrected chi connectivity index (χ4v) is 4.30. The molecule has 102 valence electrons. The molecule has 2 fully saturated rings. The van der Waals surface area contributed by atoms with Gasteiger partial charge in [0.05, 0.1) is 0 Å². The van der Waals surface area contributed by atoms with Gasteiger partial charge in [0.1, 0.15) is 5.75 Å². The van der Waals surface area contributed by atoms with Gasteiger partial charge in [-0.3, -0.25) is 0 Å².